The highest BCUT2D eigenvalue weighted by Gasteiger charge is 2.28. The van der Waals surface area contributed by atoms with Crippen molar-refractivity contribution < 1.29 is 18.7 Å². The average molecular weight is 346 g/mol. The van der Waals surface area contributed by atoms with E-state index in [0.717, 1.165) is 0 Å². The second-order valence-corrected chi connectivity index (χ2v) is 5.55. The minimum atomic E-state index is -0.830. The van der Waals surface area contributed by atoms with Crippen molar-refractivity contribution in [1.29, 1.82) is 0 Å². The quantitative estimate of drug-likeness (QED) is 0.618. The zero-order chi connectivity index (χ0) is 17.8. The fraction of sp³-hybridized carbons (Fsp3) is 0.353. The Morgan fingerprint density at radius 1 is 1.20 bits per heavy atom. The van der Waals surface area contributed by atoms with E-state index in [1.165, 1.54) is 11.0 Å². The first-order valence-electron chi connectivity index (χ1n) is 8.11. The maximum Gasteiger partial charge on any atom is 0.397 e. The van der Waals surface area contributed by atoms with Gasteiger partial charge in [-0.05, 0) is 19.1 Å². The first-order valence-corrected chi connectivity index (χ1v) is 8.11. The number of imidazole rings is 1. The molecular weight excluding hydrogens is 327 g/mol. The zero-order valence-electron chi connectivity index (χ0n) is 13.9. The summed E-state index contributed by atoms with van der Waals surface area (Å²) in [5.41, 5.74) is 0.417. The second kappa shape index (κ2) is 7.33. The highest BCUT2D eigenvalue weighted by atomic mass is 19.1. The molecule has 1 saturated heterocycles. The van der Waals surface area contributed by atoms with E-state index >= 15 is 0 Å². The number of aromatic nitrogens is 2. The number of carbonyl (C=O) groups excluding carboxylic acids is 2. The van der Waals surface area contributed by atoms with Gasteiger partial charge in [-0.2, -0.15) is 0 Å². The average Bonchev–Trinajstić information content (AvgIpc) is 3.11. The molecule has 1 fully saturated rings. The molecule has 1 aliphatic heterocycles. The van der Waals surface area contributed by atoms with E-state index in [0.29, 0.717) is 37.8 Å². The number of benzene rings is 1. The maximum absolute atomic E-state index is 14.1. The van der Waals surface area contributed by atoms with Gasteiger partial charge in [-0.15, -0.1) is 0 Å². The van der Waals surface area contributed by atoms with Crippen LogP contribution in [-0.4, -0.2) is 59.1 Å². The molecule has 0 unspecified atom stereocenters. The van der Waals surface area contributed by atoms with Crippen LogP contribution in [-0.2, 0) is 14.3 Å². The van der Waals surface area contributed by atoms with Crippen molar-refractivity contribution in [2.45, 2.75) is 6.92 Å². The molecule has 25 heavy (non-hydrogen) atoms. The third-order valence-electron chi connectivity index (χ3n) is 4.03. The minimum absolute atomic E-state index is 0.171. The van der Waals surface area contributed by atoms with E-state index in [1.807, 2.05) is 4.90 Å². The van der Waals surface area contributed by atoms with Crippen LogP contribution in [0.2, 0.25) is 0 Å². The van der Waals surface area contributed by atoms with Gasteiger partial charge in [0.1, 0.15) is 5.82 Å². The molecule has 1 aromatic carbocycles. The van der Waals surface area contributed by atoms with Crippen molar-refractivity contribution in [1.82, 2.24) is 14.5 Å². The molecule has 0 saturated carbocycles. The number of rotatable bonds is 3. The molecule has 0 aliphatic carbocycles. The lowest BCUT2D eigenvalue weighted by Gasteiger charge is -2.34. The van der Waals surface area contributed by atoms with E-state index in [4.69, 9.17) is 4.74 Å². The van der Waals surface area contributed by atoms with Crippen molar-refractivity contribution in [3.8, 4) is 5.69 Å². The number of para-hydroxylation sites is 1. The van der Waals surface area contributed by atoms with Crippen LogP contribution in [0.5, 0.6) is 0 Å². The fourth-order valence-electron chi connectivity index (χ4n) is 2.80. The molecule has 0 N–H and O–H groups in total. The van der Waals surface area contributed by atoms with Gasteiger partial charge < -0.3 is 14.5 Å². The number of halogens is 1. The summed E-state index contributed by atoms with van der Waals surface area (Å²) >= 11 is 0. The van der Waals surface area contributed by atoms with Crippen LogP contribution in [0, 0.1) is 5.82 Å². The van der Waals surface area contributed by atoms with Crippen LogP contribution in [0.4, 0.5) is 10.3 Å². The van der Waals surface area contributed by atoms with Crippen LogP contribution in [0.15, 0.2) is 36.7 Å². The van der Waals surface area contributed by atoms with Gasteiger partial charge in [-0.1, -0.05) is 12.1 Å². The van der Waals surface area contributed by atoms with Crippen molar-refractivity contribution in [2.75, 3.05) is 37.7 Å². The Morgan fingerprint density at radius 3 is 2.60 bits per heavy atom. The topological polar surface area (TPSA) is 67.7 Å². The Labute approximate surface area is 144 Å². The number of ether oxygens (including phenoxy) is 1. The Balaban J connectivity index is 1.71. The molecule has 2 heterocycles. The van der Waals surface area contributed by atoms with Crippen LogP contribution in [0.1, 0.15) is 6.92 Å². The predicted octanol–water partition coefficient (Wildman–Crippen LogP) is 1.22. The third kappa shape index (κ3) is 3.47. The normalized spacial score (nSPS) is 14.5. The number of piperazine rings is 1. The standard InChI is InChI=1S/C17H19FN4O3/c1-2-25-16(24)15(23)20-9-11-21(12-10-20)17-19-7-8-22(17)14-6-4-3-5-13(14)18/h3-8H,2,9-12H2,1H3. The SMILES string of the molecule is CCOC(=O)C(=O)N1CCN(c2nccn2-c2ccccc2F)CC1. The number of esters is 1. The third-order valence-corrected chi connectivity index (χ3v) is 4.03. The molecule has 0 radical (unpaired) electrons. The monoisotopic (exact) mass is 346 g/mol. The van der Waals surface area contributed by atoms with E-state index in [-0.39, 0.29) is 12.4 Å². The number of hydrogen-bond donors (Lipinski definition) is 0. The van der Waals surface area contributed by atoms with E-state index in [9.17, 15) is 14.0 Å². The predicted molar refractivity (Wildman–Crippen MR) is 88.9 cm³/mol. The van der Waals surface area contributed by atoms with E-state index in [2.05, 4.69) is 4.98 Å². The number of nitrogens with zero attached hydrogens (tertiary/aromatic N) is 4. The van der Waals surface area contributed by atoms with Gasteiger partial charge in [0.15, 0.2) is 0 Å². The minimum Gasteiger partial charge on any atom is -0.459 e. The molecule has 0 bridgehead atoms. The van der Waals surface area contributed by atoms with Crippen molar-refractivity contribution >= 4 is 17.8 Å². The van der Waals surface area contributed by atoms with Gasteiger partial charge in [-0.3, -0.25) is 9.36 Å². The largest absolute Gasteiger partial charge is 0.459 e. The highest BCUT2D eigenvalue weighted by Crippen LogP contribution is 2.21. The molecule has 1 aromatic heterocycles. The van der Waals surface area contributed by atoms with Crippen molar-refractivity contribution in [3.63, 3.8) is 0 Å². The second-order valence-electron chi connectivity index (χ2n) is 5.55. The van der Waals surface area contributed by atoms with Crippen LogP contribution < -0.4 is 4.90 Å². The number of amides is 1. The smallest absolute Gasteiger partial charge is 0.397 e. The van der Waals surface area contributed by atoms with Crippen molar-refractivity contribution in [2.24, 2.45) is 0 Å². The molecule has 1 aliphatic rings. The van der Waals surface area contributed by atoms with Gasteiger partial charge in [-0.25, -0.2) is 14.2 Å². The van der Waals surface area contributed by atoms with Crippen LogP contribution in [0.25, 0.3) is 5.69 Å². The summed E-state index contributed by atoms with van der Waals surface area (Å²) in [4.78, 5) is 31.3. The van der Waals surface area contributed by atoms with E-state index < -0.39 is 11.9 Å². The summed E-state index contributed by atoms with van der Waals surface area (Å²) in [6, 6.07) is 6.48. The molecule has 0 atom stereocenters. The van der Waals surface area contributed by atoms with E-state index in [1.54, 1.807) is 42.1 Å². The number of anilines is 1. The number of carbonyl (C=O) groups is 2. The molecule has 0 spiro atoms. The van der Waals surface area contributed by atoms with Crippen LogP contribution in [0.3, 0.4) is 0 Å². The lowest BCUT2D eigenvalue weighted by molar-refractivity contribution is -0.160. The van der Waals surface area contributed by atoms with Crippen molar-refractivity contribution in [3.05, 3.63) is 42.5 Å². The zero-order valence-corrected chi connectivity index (χ0v) is 13.9. The summed E-state index contributed by atoms with van der Waals surface area (Å²) in [5.74, 6) is -1.19. The Bertz CT molecular complexity index is 769. The molecule has 8 heteroatoms. The molecule has 2 aromatic rings. The lowest BCUT2D eigenvalue weighted by Crippen LogP contribution is -2.51. The summed E-state index contributed by atoms with van der Waals surface area (Å²) in [5, 5.41) is 0. The van der Waals surface area contributed by atoms with Gasteiger partial charge in [0.25, 0.3) is 0 Å². The highest BCUT2D eigenvalue weighted by molar-refractivity contribution is 6.32. The van der Waals surface area contributed by atoms with Gasteiger partial charge in [0, 0.05) is 38.6 Å². The maximum atomic E-state index is 14.1. The molecular formula is C17H19FN4O3. The number of hydrogen-bond acceptors (Lipinski definition) is 5. The Kier molecular flexibility index (Phi) is 4.97. The van der Waals surface area contributed by atoms with Gasteiger partial charge in [0.2, 0.25) is 5.95 Å². The fourth-order valence-corrected chi connectivity index (χ4v) is 2.80. The molecule has 132 valence electrons. The van der Waals surface area contributed by atoms with Gasteiger partial charge >= 0.3 is 11.9 Å². The summed E-state index contributed by atoms with van der Waals surface area (Å²) in [6.07, 6.45) is 3.31. The van der Waals surface area contributed by atoms with Crippen LogP contribution >= 0.6 is 0 Å². The Hall–Kier alpha value is -2.90. The molecule has 1 amide bonds. The van der Waals surface area contributed by atoms with Gasteiger partial charge in [0.05, 0.1) is 12.3 Å². The summed E-state index contributed by atoms with van der Waals surface area (Å²) in [6.45, 7) is 3.58. The lowest BCUT2D eigenvalue weighted by atomic mass is 10.3. The first kappa shape index (κ1) is 16.9. The summed E-state index contributed by atoms with van der Waals surface area (Å²) in [7, 11) is 0. The molecule has 7 nitrogen and oxygen atoms in total. The first-order chi connectivity index (χ1) is 12.1. The Morgan fingerprint density at radius 2 is 1.92 bits per heavy atom. The summed E-state index contributed by atoms with van der Waals surface area (Å²) < 4.78 is 20.5. The molecule has 3 rings (SSSR count).